The second-order valence-electron chi connectivity index (χ2n) is 11.4. The number of pyridine rings is 1. The van der Waals surface area contributed by atoms with E-state index in [0.717, 1.165) is 57.6 Å². The number of benzene rings is 2. The van der Waals surface area contributed by atoms with Gasteiger partial charge < -0.3 is 14.6 Å². The Morgan fingerprint density at radius 3 is 2.93 bits per heavy atom. The summed E-state index contributed by atoms with van der Waals surface area (Å²) in [6.07, 6.45) is 9.17. The van der Waals surface area contributed by atoms with Crippen molar-refractivity contribution in [1.29, 1.82) is 0 Å². The second-order valence-corrected chi connectivity index (χ2v) is 12.6. The molecule has 9 heteroatoms. The van der Waals surface area contributed by atoms with Crippen LogP contribution < -0.4 is 4.74 Å². The fraction of sp³-hybridized carbons (Fsp3) is 0.424. The molecule has 4 aromatic rings. The Labute approximate surface area is 260 Å². The molecule has 0 aliphatic carbocycles. The van der Waals surface area contributed by atoms with Crippen LogP contribution in [0.2, 0.25) is 0 Å². The number of halogens is 1. The van der Waals surface area contributed by atoms with E-state index in [-0.39, 0.29) is 12.7 Å². The Hall–Kier alpha value is -2.86. The van der Waals surface area contributed by atoms with E-state index in [1.807, 2.05) is 42.2 Å². The van der Waals surface area contributed by atoms with Crippen molar-refractivity contribution in [3.63, 3.8) is 0 Å². The number of ether oxygens (including phenoxy) is 2. The third-order valence-electron chi connectivity index (χ3n) is 8.80. The van der Waals surface area contributed by atoms with E-state index in [4.69, 9.17) is 9.47 Å². The highest BCUT2D eigenvalue weighted by Crippen LogP contribution is 2.43. The largest absolute Gasteiger partial charge is 0.487 e. The van der Waals surface area contributed by atoms with Gasteiger partial charge in [0.1, 0.15) is 18.1 Å². The number of fused-ring (bicyclic) bond motifs is 4. The Bertz CT molecular complexity index is 1540. The molecule has 3 fully saturated rings. The Morgan fingerprint density at radius 1 is 1.24 bits per heavy atom. The van der Waals surface area contributed by atoms with Crippen LogP contribution in [-0.2, 0) is 24.5 Å². The molecule has 3 saturated heterocycles. The number of aryl methyl sites for hydroxylation is 2. The van der Waals surface area contributed by atoms with Crippen molar-refractivity contribution < 1.29 is 14.6 Å². The molecular weight excluding hydrogens is 641 g/mol. The number of aliphatic hydroxyl groups is 1. The minimum absolute atomic E-state index is 0.0138. The molecule has 0 amide bonds. The fourth-order valence-corrected chi connectivity index (χ4v) is 7.33. The van der Waals surface area contributed by atoms with Gasteiger partial charge in [0.25, 0.3) is 0 Å². The molecule has 2 bridgehead atoms. The smallest absolute Gasteiger partial charge is 0.134 e. The number of rotatable bonds is 12. The van der Waals surface area contributed by atoms with Gasteiger partial charge in [-0.05, 0) is 108 Å². The highest BCUT2D eigenvalue weighted by atomic mass is 127. The van der Waals surface area contributed by atoms with E-state index in [1.54, 1.807) is 0 Å². The molecule has 0 spiro atoms. The Morgan fingerprint density at radius 2 is 2.12 bits per heavy atom. The Kier molecular flexibility index (Phi) is 9.18. The zero-order valence-corrected chi connectivity index (χ0v) is 26.2. The number of piperidine rings is 3. The van der Waals surface area contributed by atoms with Crippen LogP contribution in [0, 0.1) is 22.3 Å². The van der Waals surface area contributed by atoms with Crippen LogP contribution >= 0.6 is 22.6 Å². The van der Waals surface area contributed by atoms with Gasteiger partial charge in [0.15, 0.2) is 0 Å². The predicted molar refractivity (Wildman–Crippen MR) is 171 cm³/mol. The number of aliphatic hydroxyl groups excluding tert-OH is 1. The van der Waals surface area contributed by atoms with Crippen molar-refractivity contribution in [2.75, 3.05) is 19.7 Å². The first-order chi connectivity index (χ1) is 20.5. The molecule has 220 valence electrons. The van der Waals surface area contributed by atoms with Crippen molar-refractivity contribution in [2.45, 2.75) is 58.1 Å². The standard InChI is InChI=1S/C33H38IN5O3/c1-3-23-18-38-13-10-24(23)16-31(38)33(28-9-11-35-30-8-5-4-7-27(28)30)41-14-6-12-39-19-26(36-37-39)21-42-32-17-25(20-40)29(34)15-22(32)2/h3-5,7-9,11,15,17,19,23-24,31,33,40H,1,6,10,12-14,16,18,20-21H2,2H3/t23?,24?,31-,33?/m0/s1. The maximum Gasteiger partial charge on any atom is 0.134 e. The summed E-state index contributed by atoms with van der Waals surface area (Å²) in [7, 11) is 0. The monoisotopic (exact) mass is 679 g/mol. The quantitative estimate of drug-likeness (QED) is 0.114. The summed E-state index contributed by atoms with van der Waals surface area (Å²) in [5.41, 5.74) is 4.89. The average Bonchev–Trinajstić information content (AvgIpc) is 3.48. The van der Waals surface area contributed by atoms with Crippen molar-refractivity contribution in [3.8, 4) is 5.75 Å². The predicted octanol–water partition coefficient (Wildman–Crippen LogP) is 5.86. The van der Waals surface area contributed by atoms with E-state index >= 15 is 0 Å². The van der Waals surface area contributed by atoms with Gasteiger partial charge in [-0.1, -0.05) is 29.5 Å². The van der Waals surface area contributed by atoms with Crippen LogP contribution in [0.15, 0.2) is 67.5 Å². The van der Waals surface area contributed by atoms with Crippen LogP contribution in [-0.4, -0.2) is 55.7 Å². The molecule has 0 saturated carbocycles. The number of hydrogen-bond donors (Lipinski definition) is 1. The zero-order chi connectivity index (χ0) is 29.1. The minimum atomic E-state index is -0.0212. The minimum Gasteiger partial charge on any atom is -0.487 e. The topological polar surface area (TPSA) is 85.5 Å². The summed E-state index contributed by atoms with van der Waals surface area (Å²) in [4.78, 5) is 7.23. The van der Waals surface area contributed by atoms with Crippen LogP contribution in [0.25, 0.3) is 10.9 Å². The van der Waals surface area contributed by atoms with Gasteiger partial charge in [-0.15, -0.1) is 11.7 Å². The van der Waals surface area contributed by atoms with E-state index in [9.17, 15) is 5.11 Å². The van der Waals surface area contributed by atoms with Crippen molar-refractivity contribution in [3.05, 3.63) is 93.5 Å². The van der Waals surface area contributed by atoms with E-state index in [0.29, 0.717) is 37.6 Å². The summed E-state index contributed by atoms with van der Waals surface area (Å²) in [6, 6.07) is 14.8. The number of nitrogens with zero attached hydrogens (tertiary/aromatic N) is 5. The molecule has 2 aromatic carbocycles. The number of hydrogen-bond acceptors (Lipinski definition) is 7. The summed E-state index contributed by atoms with van der Waals surface area (Å²) in [6.45, 7) is 9.94. The maximum absolute atomic E-state index is 9.59. The van der Waals surface area contributed by atoms with E-state index in [1.165, 1.54) is 17.4 Å². The van der Waals surface area contributed by atoms with Crippen molar-refractivity contribution in [1.82, 2.24) is 24.9 Å². The molecule has 0 radical (unpaired) electrons. The number of para-hydroxylation sites is 1. The lowest BCUT2D eigenvalue weighted by molar-refractivity contribution is -0.0757. The van der Waals surface area contributed by atoms with Gasteiger partial charge in [0.2, 0.25) is 0 Å². The average molecular weight is 680 g/mol. The van der Waals surface area contributed by atoms with Crippen LogP contribution in [0.3, 0.4) is 0 Å². The summed E-state index contributed by atoms with van der Waals surface area (Å²) in [5, 5.41) is 19.4. The lowest BCUT2D eigenvalue weighted by Crippen LogP contribution is -2.55. The molecule has 2 aromatic heterocycles. The van der Waals surface area contributed by atoms with Gasteiger partial charge in [0.05, 0.1) is 24.4 Å². The van der Waals surface area contributed by atoms with Gasteiger partial charge in [-0.2, -0.15) is 0 Å². The van der Waals surface area contributed by atoms with Gasteiger partial charge in [0, 0.05) is 40.9 Å². The van der Waals surface area contributed by atoms with E-state index in [2.05, 4.69) is 79.7 Å². The molecule has 4 unspecified atom stereocenters. The zero-order valence-electron chi connectivity index (χ0n) is 24.0. The molecule has 42 heavy (non-hydrogen) atoms. The van der Waals surface area contributed by atoms with Crippen LogP contribution in [0.4, 0.5) is 0 Å². The van der Waals surface area contributed by atoms with Crippen molar-refractivity contribution in [2.24, 2.45) is 11.8 Å². The summed E-state index contributed by atoms with van der Waals surface area (Å²) < 4.78 is 15.7. The molecule has 7 rings (SSSR count). The Balaban J connectivity index is 1.10. The third kappa shape index (κ3) is 6.24. The normalized spacial score (nSPS) is 22.4. The molecule has 3 aliphatic rings. The molecule has 8 nitrogen and oxygen atoms in total. The maximum atomic E-state index is 9.59. The fourth-order valence-electron chi connectivity index (χ4n) is 6.54. The first kappa shape index (κ1) is 29.2. The molecule has 5 heterocycles. The van der Waals surface area contributed by atoms with Crippen LogP contribution in [0.1, 0.15) is 47.8 Å². The lowest BCUT2D eigenvalue weighted by Gasteiger charge is -2.51. The first-order valence-corrected chi connectivity index (χ1v) is 15.9. The first-order valence-electron chi connectivity index (χ1n) is 14.8. The van der Waals surface area contributed by atoms with E-state index < -0.39 is 0 Å². The van der Waals surface area contributed by atoms with Crippen molar-refractivity contribution >= 4 is 33.5 Å². The highest BCUT2D eigenvalue weighted by Gasteiger charge is 2.43. The second kappa shape index (κ2) is 13.2. The molecular formula is C33H38IN5O3. The highest BCUT2D eigenvalue weighted by molar-refractivity contribution is 14.1. The summed E-state index contributed by atoms with van der Waals surface area (Å²) >= 11 is 2.23. The summed E-state index contributed by atoms with van der Waals surface area (Å²) in [5.74, 6) is 2.00. The van der Waals surface area contributed by atoms with Gasteiger partial charge >= 0.3 is 0 Å². The molecule has 1 N–H and O–H groups in total. The van der Waals surface area contributed by atoms with Gasteiger partial charge in [-0.3, -0.25) is 14.6 Å². The molecule has 3 aliphatic heterocycles. The lowest BCUT2D eigenvalue weighted by atomic mass is 9.73. The van der Waals surface area contributed by atoms with Crippen LogP contribution in [0.5, 0.6) is 5.75 Å². The third-order valence-corrected chi connectivity index (χ3v) is 9.80. The SMILES string of the molecule is C=CC1CN2CCC1C[C@H]2C(OCCCn1cc(COc2cc(CO)c(I)cc2C)nn1)c1ccnc2ccccc12. The number of aromatic nitrogens is 4. The molecule has 5 atom stereocenters. The van der Waals surface area contributed by atoms with Gasteiger partial charge in [-0.25, -0.2) is 0 Å².